The Morgan fingerprint density at radius 3 is 2.44 bits per heavy atom. The molecule has 1 saturated carbocycles. The lowest BCUT2D eigenvalue weighted by Crippen LogP contribution is -2.44. The second kappa shape index (κ2) is 6.61. The third-order valence-electron chi connectivity index (χ3n) is 3.41. The summed E-state index contributed by atoms with van der Waals surface area (Å²) in [4.78, 5) is 26.3. The minimum Gasteiger partial charge on any atom is -0.481 e. The van der Waals surface area contributed by atoms with E-state index >= 15 is 0 Å². The van der Waals surface area contributed by atoms with Gasteiger partial charge in [-0.15, -0.1) is 0 Å². The summed E-state index contributed by atoms with van der Waals surface area (Å²) in [7, 11) is 1.80. The van der Waals surface area contributed by atoms with E-state index in [4.69, 9.17) is 5.11 Å². The third-order valence-corrected chi connectivity index (χ3v) is 3.41. The van der Waals surface area contributed by atoms with Crippen LogP contribution >= 0.6 is 0 Å². The first-order chi connectivity index (χ1) is 8.45. The largest absolute Gasteiger partial charge is 0.481 e. The highest BCUT2D eigenvalue weighted by Crippen LogP contribution is 2.28. The van der Waals surface area contributed by atoms with Crippen LogP contribution in [0, 0.1) is 5.92 Å². The van der Waals surface area contributed by atoms with Gasteiger partial charge in [0.1, 0.15) is 0 Å². The molecule has 1 aliphatic carbocycles. The molecule has 0 aromatic rings. The molecule has 1 N–H and O–H groups in total. The van der Waals surface area contributed by atoms with E-state index in [1.165, 1.54) is 0 Å². The fraction of sp³-hybridized carbons (Fsp3) is 0.846. The lowest BCUT2D eigenvalue weighted by atomic mass is 10.1. The SMILES string of the molecule is CCC(C)CN(C)C(=O)N(CCC(=O)O)C1CC1. The van der Waals surface area contributed by atoms with Gasteiger partial charge in [-0.1, -0.05) is 20.3 Å². The number of carbonyl (C=O) groups excluding carboxylic acids is 1. The summed E-state index contributed by atoms with van der Waals surface area (Å²) in [6, 6.07) is 0.232. The Labute approximate surface area is 109 Å². The minimum atomic E-state index is -0.849. The summed E-state index contributed by atoms with van der Waals surface area (Å²) in [5, 5.41) is 8.72. The molecule has 1 atom stereocenters. The fourth-order valence-corrected chi connectivity index (χ4v) is 1.93. The molecule has 0 saturated heterocycles. The van der Waals surface area contributed by atoms with Gasteiger partial charge < -0.3 is 14.9 Å². The number of amides is 2. The maximum atomic E-state index is 12.2. The molecule has 1 fully saturated rings. The zero-order valence-corrected chi connectivity index (χ0v) is 11.6. The van der Waals surface area contributed by atoms with Gasteiger partial charge in [0.2, 0.25) is 0 Å². The highest BCUT2D eigenvalue weighted by atomic mass is 16.4. The average molecular weight is 256 g/mol. The van der Waals surface area contributed by atoms with Crippen LogP contribution in [0.5, 0.6) is 0 Å². The van der Waals surface area contributed by atoms with Crippen molar-refractivity contribution in [3.8, 4) is 0 Å². The maximum Gasteiger partial charge on any atom is 0.320 e. The summed E-state index contributed by atoms with van der Waals surface area (Å²) in [5.74, 6) is -0.377. The smallest absolute Gasteiger partial charge is 0.320 e. The number of urea groups is 1. The van der Waals surface area contributed by atoms with Crippen LogP contribution in [0.15, 0.2) is 0 Å². The molecule has 0 radical (unpaired) electrons. The van der Waals surface area contributed by atoms with Gasteiger partial charge in [-0.25, -0.2) is 4.79 Å². The van der Waals surface area contributed by atoms with Gasteiger partial charge in [0, 0.05) is 26.2 Å². The Kier molecular flexibility index (Phi) is 5.44. The van der Waals surface area contributed by atoms with Crippen molar-refractivity contribution >= 4 is 12.0 Å². The zero-order valence-electron chi connectivity index (χ0n) is 11.6. The molecule has 1 rings (SSSR count). The Balaban J connectivity index is 2.50. The number of carboxylic acid groups (broad SMARTS) is 1. The van der Waals surface area contributed by atoms with E-state index in [9.17, 15) is 9.59 Å². The second-order valence-corrected chi connectivity index (χ2v) is 5.24. The van der Waals surface area contributed by atoms with E-state index in [0.717, 1.165) is 25.8 Å². The van der Waals surface area contributed by atoms with Crippen molar-refractivity contribution in [3.63, 3.8) is 0 Å². The first-order valence-corrected chi connectivity index (χ1v) is 6.69. The molecule has 0 bridgehead atoms. The Hall–Kier alpha value is -1.26. The summed E-state index contributed by atoms with van der Waals surface area (Å²) in [6.07, 6.45) is 3.07. The van der Waals surface area contributed by atoms with Gasteiger partial charge in [0.05, 0.1) is 6.42 Å². The third kappa shape index (κ3) is 4.55. The average Bonchev–Trinajstić information content (AvgIpc) is 3.12. The topological polar surface area (TPSA) is 60.9 Å². The van der Waals surface area contributed by atoms with E-state index in [2.05, 4.69) is 13.8 Å². The van der Waals surface area contributed by atoms with Crippen molar-refractivity contribution in [1.82, 2.24) is 9.80 Å². The number of nitrogens with zero attached hydrogens (tertiary/aromatic N) is 2. The molecular formula is C13H24N2O3. The van der Waals surface area contributed by atoms with Gasteiger partial charge in [0.25, 0.3) is 0 Å². The monoisotopic (exact) mass is 256 g/mol. The molecule has 1 aliphatic rings. The van der Waals surface area contributed by atoms with Crippen LogP contribution in [0.2, 0.25) is 0 Å². The first kappa shape index (κ1) is 14.8. The maximum absolute atomic E-state index is 12.2. The van der Waals surface area contributed by atoms with E-state index in [0.29, 0.717) is 12.5 Å². The number of carbonyl (C=O) groups is 2. The van der Waals surface area contributed by atoms with Crippen LogP contribution < -0.4 is 0 Å². The number of hydrogen-bond donors (Lipinski definition) is 1. The van der Waals surface area contributed by atoms with Gasteiger partial charge >= 0.3 is 12.0 Å². The van der Waals surface area contributed by atoms with E-state index in [-0.39, 0.29) is 18.5 Å². The molecule has 2 amide bonds. The molecule has 5 heteroatoms. The summed E-state index contributed by atoms with van der Waals surface area (Å²) < 4.78 is 0. The van der Waals surface area contributed by atoms with Crippen LogP contribution in [-0.2, 0) is 4.79 Å². The Morgan fingerprint density at radius 1 is 1.39 bits per heavy atom. The van der Waals surface area contributed by atoms with Crippen molar-refractivity contribution in [1.29, 1.82) is 0 Å². The van der Waals surface area contributed by atoms with E-state index < -0.39 is 5.97 Å². The predicted octanol–water partition coefficient (Wildman–Crippen LogP) is 2.02. The molecule has 1 unspecified atom stereocenters. The van der Waals surface area contributed by atoms with Crippen LogP contribution in [0.3, 0.4) is 0 Å². The molecule has 18 heavy (non-hydrogen) atoms. The highest BCUT2D eigenvalue weighted by Gasteiger charge is 2.34. The second-order valence-electron chi connectivity index (χ2n) is 5.24. The number of rotatable bonds is 7. The van der Waals surface area contributed by atoms with Gasteiger partial charge in [-0.05, 0) is 18.8 Å². The quantitative estimate of drug-likeness (QED) is 0.758. The molecule has 5 nitrogen and oxygen atoms in total. The first-order valence-electron chi connectivity index (χ1n) is 6.69. The van der Waals surface area contributed by atoms with Crippen LogP contribution in [0.1, 0.15) is 39.5 Å². The molecule has 0 aromatic carbocycles. The lowest BCUT2D eigenvalue weighted by Gasteiger charge is -2.29. The van der Waals surface area contributed by atoms with Crippen LogP contribution in [0.4, 0.5) is 4.79 Å². The summed E-state index contributed by atoms with van der Waals surface area (Å²) >= 11 is 0. The number of aliphatic carboxylic acids is 1. The van der Waals surface area contributed by atoms with Crippen LogP contribution in [0.25, 0.3) is 0 Å². The predicted molar refractivity (Wildman–Crippen MR) is 69.5 cm³/mol. The van der Waals surface area contributed by atoms with Gasteiger partial charge in [0.15, 0.2) is 0 Å². The molecule has 104 valence electrons. The Bertz CT molecular complexity index is 303. The van der Waals surface area contributed by atoms with Crippen molar-refractivity contribution in [2.24, 2.45) is 5.92 Å². The molecule has 0 aromatic heterocycles. The fourth-order valence-electron chi connectivity index (χ4n) is 1.93. The van der Waals surface area contributed by atoms with Gasteiger partial charge in [-0.3, -0.25) is 4.79 Å². The summed E-state index contributed by atoms with van der Waals surface area (Å²) in [6.45, 7) is 5.27. The normalized spacial score (nSPS) is 16.2. The van der Waals surface area contributed by atoms with Crippen molar-refractivity contribution < 1.29 is 14.7 Å². The molecular weight excluding hydrogens is 232 g/mol. The highest BCUT2D eigenvalue weighted by molar-refractivity contribution is 5.76. The standard InChI is InChI=1S/C13H24N2O3/c1-4-10(2)9-14(3)13(18)15(11-5-6-11)8-7-12(16)17/h10-11H,4-9H2,1-3H3,(H,16,17). The lowest BCUT2D eigenvalue weighted by molar-refractivity contribution is -0.137. The van der Waals surface area contributed by atoms with Crippen LogP contribution in [-0.4, -0.2) is 53.1 Å². The molecule has 0 spiro atoms. The van der Waals surface area contributed by atoms with Crippen molar-refractivity contribution in [2.75, 3.05) is 20.1 Å². The molecule has 0 aliphatic heterocycles. The van der Waals surface area contributed by atoms with Gasteiger partial charge in [-0.2, -0.15) is 0 Å². The van der Waals surface area contributed by atoms with Crippen molar-refractivity contribution in [3.05, 3.63) is 0 Å². The minimum absolute atomic E-state index is 0.0272. The number of hydrogen-bond acceptors (Lipinski definition) is 2. The number of carboxylic acids is 1. The van der Waals surface area contributed by atoms with E-state index in [1.54, 1.807) is 16.8 Å². The zero-order chi connectivity index (χ0) is 13.7. The molecule has 0 heterocycles. The van der Waals surface area contributed by atoms with E-state index in [1.807, 2.05) is 0 Å². The Morgan fingerprint density at radius 2 is 2.00 bits per heavy atom. The summed E-state index contributed by atoms with van der Waals surface area (Å²) in [5.41, 5.74) is 0. The van der Waals surface area contributed by atoms with Crippen molar-refractivity contribution in [2.45, 2.75) is 45.6 Å².